The third kappa shape index (κ3) is 4.10. The Bertz CT molecular complexity index is 1390. The maximum absolute atomic E-state index is 12.9. The minimum Gasteiger partial charge on any atom is -0.497 e. The maximum atomic E-state index is 12.9. The molecule has 5 rings (SSSR count). The Hall–Kier alpha value is -3.98. The summed E-state index contributed by atoms with van der Waals surface area (Å²) in [6, 6.07) is 15.1. The Morgan fingerprint density at radius 2 is 2.06 bits per heavy atom. The molecule has 1 saturated heterocycles. The van der Waals surface area contributed by atoms with Crippen molar-refractivity contribution < 1.29 is 14.3 Å². The van der Waals surface area contributed by atoms with Gasteiger partial charge >= 0.3 is 0 Å². The first-order valence-corrected chi connectivity index (χ1v) is 10.6. The number of imidazole rings is 1. The van der Waals surface area contributed by atoms with Crippen LogP contribution in [0.25, 0.3) is 22.3 Å². The number of carbonyl (C=O) groups is 1. The number of amides is 1. The third-order valence-electron chi connectivity index (χ3n) is 5.73. The summed E-state index contributed by atoms with van der Waals surface area (Å²) in [5.41, 5.74) is 3.30. The van der Waals surface area contributed by atoms with E-state index in [4.69, 9.17) is 9.47 Å². The smallest absolute Gasteiger partial charge is 0.267 e. The van der Waals surface area contributed by atoms with Gasteiger partial charge in [0.25, 0.3) is 11.5 Å². The van der Waals surface area contributed by atoms with E-state index >= 15 is 0 Å². The fourth-order valence-electron chi connectivity index (χ4n) is 4.05. The summed E-state index contributed by atoms with van der Waals surface area (Å²) in [4.78, 5) is 33.1. The molecular weight excluding hydrogens is 422 g/mol. The second kappa shape index (κ2) is 8.51. The predicted octanol–water partition coefficient (Wildman–Crippen LogP) is 2.47. The van der Waals surface area contributed by atoms with Gasteiger partial charge in [0, 0.05) is 17.2 Å². The van der Waals surface area contributed by atoms with Crippen LogP contribution >= 0.6 is 0 Å². The number of H-pyrrole nitrogens is 1. The van der Waals surface area contributed by atoms with E-state index in [0.29, 0.717) is 23.6 Å². The summed E-state index contributed by atoms with van der Waals surface area (Å²) in [6.45, 7) is 2.43. The molecule has 4 aromatic rings. The fraction of sp³-hybridized carbons (Fsp3) is 0.250. The Balaban J connectivity index is 1.40. The van der Waals surface area contributed by atoms with Gasteiger partial charge in [-0.05, 0) is 43.3 Å². The molecule has 1 fully saturated rings. The Labute approximate surface area is 189 Å². The van der Waals surface area contributed by atoms with Gasteiger partial charge in [0.15, 0.2) is 0 Å². The lowest BCUT2D eigenvalue weighted by atomic mass is 10.1. The molecule has 1 amide bonds. The van der Waals surface area contributed by atoms with Gasteiger partial charge in [-0.3, -0.25) is 9.59 Å². The van der Waals surface area contributed by atoms with Crippen molar-refractivity contribution in [2.24, 2.45) is 0 Å². The molecule has 33 heavy (non-hydrogen) atoms. The van der Waals surface area contributed by atoms with Crippen LogP contribution in [-0.4, -0.2) is 52.0 Å². The topological polar surface area (TPSA) is 111 Å². The van der Waals surface area contributed by atoms with Crippen LogP contribution in [0.5, 0.6) is 5.75 Å². The van der Waals surface area contributed by atoms with E-state index in [2.05, 4.69) is 20.4 Å². The number of nitrogens with one attached hydrogen (secondary N) is 2. The van der Waals surface area contributed by atoms with Crippen LogP contribution in [0.15, 0.2) is 59.4 Å². The molecular formula is C24H23N5O4. The first-order chi connectivity index (χ1) is 16.0. The highest BCUT2D eigenvalue weighted by Gasteiger charge is 2.33. The lowest BCUT2D eigenvalue weighted by Crippen LogP contribution is -2.44. The zero-order valence-corrected chi connectivity index (χ0v) is 18.2. The van der Waals surface area contributed by atoms with Crippen molar-refractivity contribution in [2.75, 3.05) is 20.3 Å². The number of fused-ring (bicyclic) bond motifs is 1. The SMILES string of the molecule is COc1cccc(-c2ccc(=O)n(C3COCC3NC(=O)c3ccc4nc(C)[nH]c4c3)n2)c1. The minimum absolute atomic E-state index is 0.248. The van der Waals surface area contributed by atoms with Crippen molar-refractivity contribution in [3.63, 3.8) is 0 Å². The minimum atomic E-state index is -0.426. The summed E-state index contributed by atoms with van der Waals surface area (Å²) in [7, 11) is 1.60. The van der Waals surface area contributed by atoms with E-state index in [1.54, 1.807) is 31.4 Å². The van der Waals surface area contributed by atoms with Crippen molar-refractivity contribution in [1.82, 2.24) is 25.1 Å². The van der Waals surface area contributed by atoms with Gasteiger partial charge in [0.05, 0.1) is 43.1 Å². The van der Waals surface area contributed by atoms with Crippen LogP contribution in [0.4, 0.5) is 0 Å². The number of methoxy groups -OCH3 is 1. The van der Waals surface area contributed by atoms with Gasteiger partial charge < -0.3 is 19.8 Å². The van der Waals surface area contributed by atoms with Crippen LogP contribution in [0.2, 0.25) is 0 Å². The summed E-state index contributed by atoms with van der Waals surface area (Å²) in [5, 5.41) is 7.58. The number of benzene rings is 2. The van der Waals surface area contributed by atoms with Crippen LogP contribution < -0.4 is 15.6 Å². The zero-order chi connectivity index (χ0) is 22.9. The molecule has 1 aliphatic rings. The molecule has 9 heteroatoms. The van der Waals surface area contributed by atoms with Gasteiger partial charge in [-0.2, -0.15) is 5.10 Å². The zero-order valence-electron chi connectivity index (χ0n) is 18.2. The number of rotatable bonds is 5. The van der Waals surface area contributed by atoms with E-state index in [-0.39, 0.29) is 18.1 Å². The standard InChI is InChI=1S/C24H23N5O4/c1-14-25-19-7-6-16(11-20(19)26-14)24(31)27-21-12-33-13-22(21)29-23(30)9-8-18(28-29)15-4-3-5-17(10-15)32-2/h3-11,21-22H,12-13H2,1-2H3,(H,25,26)(H,27,31). The summed E-state index contributed by atoms with van der Waals surface area (Å²) < 4.78 is 12.3. The molecule has 2 aromatic heterocycles. The Morgan fingerprint density at radius 1 is 1.18 bits per heavy atom. The van der Waals surface area contributed by atoms with Gasteiger partial charge in [0.2, 0.25) is 0 Å². The molecule has 2 atom stereocenters. The number of aromatic nitrogens is 4. The largest absolute Gasteiger partial charge is 0.497 e. The molecule has 0 saturated carbocycles. The van der Waals surface area contributed by atoms with Crippen molar-refractivity contribution in [3.8, 4) is 17.0 Å². The van der Waals surface area contributed by atoms with Crippen molar-refractivity contribution >= 4 is 16.9 Å². The number of carbonyl (C=O) groups excluding carboxylic acids is 1. The molecule has 2 unspecified atom stereocenters. The van der Waals surface area contributed by atoms with E-state index in [1.165, 1.54) is 10.7 Å². The number of nitrogens with zero attached hydrogens (tertiary/aromatic N) is 3. The second-order valence-electron chi connectivity index (χ2n) is 7.97. The molecule has 0 spiro atoms. The van der Waals surface area contributed by atoms with Gasteiger partial charge in [-0.15, -0.1) is 0 Å². The van der Waals surface area contributed by atoms with Crippen LogP contribution in [0.1, 0.15) is 22.2 Å². The monoisotopic (exact) mass is 445 g/mol. The number of aryl methyl sites for hydroxylation is 1. The van der Waals surface area contributed by atoms with Crippen LogP contribution in [0, 0.1) is 6.92 Å². The highest BCUT2D eigenvalue weighted by atomic mass is 16.5. The molecule has 0 aliphatic carbocycles. The first-order valence-electron chi connectivity index (χ1n) is 10.6. The molecule has 9 nitrogen and oxygen atoms in total. The van der Waals surface area contributed by atoms with Crippen molar-refractivity contribution in [2.45, 2.75) is 19.0 Å². The molecule has 0 radical (unpaired) electrons. The average molecular weight is 445 g/mol. The summed E-state index contributed by atoms with van der Waals surface area (Å²) in [5.74, 6) is 1.24. The summed E-state index contributed by atoms with van der Waals surface area (Å²) >= 11 is 0. The Kier molecular flexibility index (Phi) is 5.39. The van der Waals surface area contributed by atoms with Gasteiger partial charge in [-0.25, -0.2) is 9.67 Å². The highest BCUT2D eigenvalue weighted by molar-refractivity contribution is 5.97. The van der Waals surface area contributed by atoms with E-state index in [0.717, 1.165) is 22.4 Å². The highest BCUT2D eigenvalue weighted by Crippen LogP contribution is 2.23. The maximum Gasteiger partial charge on any atom is 0.267 e. The quantitative estimate of drug-likeness (QED) is 0.488. The van der Waals surface area contributed by atoms with Crippen LogP contribution in [0.3, 0.4) is 0 Å². The van der Waals surface area contributed by atoms with E-state index in [9.17, 15) is 9.59 Å². The number of hydrogen-bond acceptors (Lipinski definition) is 6. The van der Waals surface area contributed by atoms with Crippen LogP contribution in [-0.2, 0) is 4.74 Å². The van der Waals surface area contributed by atoms with Crippen molar-refractivity contribution in [3.05, 3.63) is 76.3 Å². The van der Waals surface area contributed by atoms with E-state index < -0.39 is 12.1 Å². The van der Waals surface area contributed by atoms with E-state index in [1.807, 2.05) is 31.2 Å². The lowest BCUT2D eigenvalue weighted by Gasteiger charge is -2.21. The molecule has 1 aliphatic heterocycles. The summed E-state index contributed by atoms with van der Waals surface area (Å²) in [6.07, 6.45) is 0. The number of aromatic amines is 1. The molecule has 0 bridgehead atoms. The second-order valence-corrected chi connectivity index (χ2v) is 7.97. The van der Waals surface area contributed by atoms with Gasteiger partial charge in [0.1, 0.15) is 17.6 Å². The molecule has 2 aromatic carbocycles. The fourth-order valence-corrected chi connectivity index (χ4v) is 4.05. The number of hydrogen-bond donors (Lipinski definition) is 2. The van der Waals surface area contributed by atoms with Gasteiger partial charge in [-0.1, -0.05) is 12.1 Å². The number of ether oxygens (including phenoxy) is 2. The third-order valence-corrected chi connectivity index (χ3v) is 5.73. The normalized spacial score (nSPS) is 17.9. The predicted molar refractivity (Wildman–Crippen MR) is 122 cm³/mol. The molecule has 168 valence electrons. The Morgan fingerprint density at radius 3 is 2.91 bits per heavy atom. The average Bonchev–Trinajstić information content (AvgIpc) is 3.44. The molecule has 3 heterocycles. The molecule has 2 N–H and O–H groups in total. The van der Waals surface area contributed by atoms with Crippen molar-refractivity contribution in [1.29, 1.82) is 0 Å². The lowest BCUT2D eigenvalue weighted by molar-refractivity contribution is 0.0925. The first kappa shape index (κ1) is 20.9.